The van der Waals surface area contributed by atoms with E-state index in [9.17, 15) is 23.1 Å². The summed E-state index contributed by atoms with van der Waals surface area (Å²) in [4.78, 5) is 21.7. The van der Waals surface area contributed by atoms with E-state index in [0.717, 1.165) is 5.56 Å². The normalized spacial score (nSPS) is 18.3. The molecule has 248 valence electrons. The molecule has 2 saturated heterocycles. The molecule has 0 bridgehead atoms. The topological polar surface area (TPSA) is 141 Å². The number of carboxylic acid groups (broad SMARTS) is 1. The zero-order valence-corrected chi connectivity index (χ0v) is 26.0. The number of hydrogen-bond acceptors (Lipinski definition) is 9. The van der Waals surface area contributed by atoms with Crippen LogP contribution < -0.4 is 25.4 Å². The SMILES string of the molecule is CCOc1ccc(-c2ccc([C@@H](Oc3cc(N4CCC5(CC4)CN[C@H](C(=O)O)C5)nc(N)n3)C(F)(F)F)c(-n3ccc(C)n3)c2)cc1. The molecule has 11 nitrogen and oxygen atoms in total. The summed E-state index contributed by atoms with van der Waals surface area (Å²) in [5.41, 5.74) is 7.98. The number of rotatable bonds is 9. The molecule has 2 fully saturated rings. The summed E-state index contributed by atoms with van der Waals surface area (Å²) in [6.07, 6.45) is -3.71. The number of nitrogens with zero attached hydrogens (tertiary/aromatic N) is 5. The van der Waals surface area contributed by atoms with E-state index in [-0.39, 0.29) is 28.5 Å². The van der Waals surface area contributed by atoms with Gasteiger partial charge >= 0.3 is 12.1 Å². The Morgan fingerprint density at radius 2 is 1.83 bits per heavy atom. The highest BCUT2D eigenvalue weighted by Gasteiger charge is 2.46. The van der Waals surface area contributed by atoms with Crippen molar-refractivity contribution in [2.75, 3.05) is 36.9 Å². The molecule has 2 atom stereocenters. The molecule has 4 aromatic rings. The van der Waals surface area contributed by atoms with Gasteiger partial charge in [-0.15, -0.1) is 0 Å². The molecule has 0 radical (unpaired) electrons. The lowest BCUT2D eigenvalue weighted by Gasteiger charge is -2.39. The van der Waals surface area contributed by atoms with Gasteiger partial charge in [0, 0.05) is 37.5 Å². The third-order valence-corrected chi connectivity index (χ3v) is 8.83. The fourth-order valence-corrected chi connectivity index (χ4v) is 6.37. The number of carbonyl (C=O) groups is 1. The zero-order valence-electron chi connectivity index (χ0n) is 26.0. The molecule has 2 aliphatic heterocycles. The Morgan fingerprint density at radius 1 is 1.11 bits per heavy atom. The molecular weight excluding hydrogens is 615 g/mol. The highest BCUT2D eigenvalue weighted by Crippen LogP contribution is 2.43. The van der Waals surface area contributed by atoms with Gasteiger partial charge in [0.25, 0.3) is 0 Å². The van der Waals surface area contributed by atoms with E-state index in [0.29, 0.717) is 68.3 Å². The maximum atomic E-state index is 14.8. The molecule has 0 unspecified atom stereocenters. The van der Waals surface area contributed by atoms with Crippen LogP contribution in [0.4, 0.5) is 24.9 Å². The van der Waals surface area contributed by atoms with Crippen LogP contribution >= 0.6 is 0 Å². The minimum Gasteiger partial charge on any atom is -0.494 e. The van der Waals surface area contributed by atoms with E-state index in [1.807, 2.05) is 36.1 Å². The molecule has 0 amide bonds. The van der Waals surface area contributed by atoms with Gasteiger partial charge in [0.1, 0.15) is 17.6 Å². The highest BCUT2D eigenvalue weighted by atomic mass is 19.4. The standard InChI is InChI=1S/C33H36F3N7O4/c1-3-46-23-7-4-21(5-8-23)22-6-9-24(26(16-22)43-13-10-20(2)41-43)29(33(34,35)36)47-28-17-27(39-31(37)40-28)42-14-11-32(12-15-42)18-25(30(44)45)38-19-32/h4-10,13,16-17,25,29,38H,3,11-12,14-15,18-19H2,1-2H3,(H,44,45)(H2,37,39,40)/t25-,29+/m0/s1. The number of piperidine rings is 1. The number of hydrogen-bond donors (Lipinski definition) is 3. The first-order chi connectivity index (χ1) is 22.4. The number of alkyl halides is 3. The van der Waals surface area contributed by atoms with E-state index in [2.05, 4.69) is 20.4 Å². The van der Waals surface area contributed by atoms with E-state index < -0.39 is 24.3 Å². The summed E-state index contributed by atoms with van der Waals surface area (Å²) in [6.45, 7) is 5.81. The molecule has 0 saturated carbocycles. The molecule has 6 rings (SSSR count). The molecule has 4 N–H and O–H groups in total. The predicted octanol–water partition coefficient (Wildman–Crippen LogP) is 5.33. The van der Waals surface area contributed by atoms with Gasteiger partial charge in [0.05, 0.1) is 18.0 Å². The van der Waals surface area contributed by atoms with Crippen molar-refractivity contribution in [3.05, 3.63) is 72.1 Å². The number of aryl methyl sites for hydroxylation is 1. The summed E-state index contributed by atoms with van der Waals surface area (Å²) >= 11 is 0. The first-order valence-electron chi connectivity index (χ1n) is 15.4. The van der Waals surface area contributed by atoms with Crippen molar-refractivity contribution in [3.8, 4) is 28.4 Å². The van der Waals surface area contributed by atoms with E-state index in [1.165, 1.54) is 16.8 Å². The fourth-order valence-electron chi connectivity index (χ4n) is 6.37. The number of anilines is 2. The lowest BCUT2D eigenvalue weighted by atomic mass is 9.76. The average Bonchev–Trinajstić information content (AvgIpc) is 3.66. The minimum atomic E-state index is -4.83. The molecular formula is C33H36F3N7O4. The molecule has 2 aliphatic rings. The third-order valence-electron chi connectivity index (χ3n) is 8.83. The van der Waals surface area contributed by atoms with Crippen LogP contribution in [-0.4, -0.2) is 69.3 Å². The molecule has 2 aromatic heterocycles. The van der Waals surface area contributed by atoms with E-state index in [1.54, 1.807) is 31.3 Å². The Hall–Kier alpha value is -4.85. The van der Waals surface area contributed by atoms with Crippen LogP contribution in [0.3, 0.4) is 0 Å². The Morgan fingerprint density at radius 3 is 2.45 bits per heavy atom. The number of aromatic nitrogens is 4. The largest absolute Gasteiger partial charge is 0.494 e. The number of benzene rings is 2. The van der Waals surface area contributed by atoms with Crippen molar-refractivity contribution >= 4 is 17.7 Å². The second-order valence-electron chi connectivity index (χ2n) is 12.1. The zero-order chi connectivity index (χ0) is 33.3. The maximum Gasteiger partial charge on any atom is 0.429 e. The minimum absolute atomic E-state index is 0.155. The van der Waals surface area contributed by atoms with Gasteiger partial charge in [-0.05, 0) is 73.9 Å². The molecule has 0 aliphatic carbocycles. The Bertz CT molecular complexity index is 1740. The van der Waals surface area contributed by atoms with Crippen LogP contribution in [0.5, 0.6) is 11.6 Å². The van der Waals surface area contributed by atoms with Crippen molar-refractivity contribution < 1.29 is 32.5 Å². The number of ether oxygens (including phenoxy) is 2. The van der Waals surface area contributed by atoms with Gasteiger partial charge in [0.2, 0.25) is 17.9 Å². The second-order valence-corrected chi connectivity index (χ2v) is 12.1. The Labute approximate surface area is 269 Å². The quantitative estimate of drug-likeness (QED) is 0.217. The van der Waals surface area contributed by atoms with Gasteiger partial charge in [0.15, 0.2) is 0 Å². The summed E-state index contributed by atoms with van der Waals surface area (Å²) < 4.78 is 57.1. The van der Waals surface area contributed by atoms with Crippen LogP contribution in [0.25, 0.3) is 16.8 Å². The summed E-state index contributed by atoms with van der Waals surface area (Å²) in [5.74, 6) is -0.373. The predicted molar refractivity (Wildman–Crippen MR) is 169 cm³/mol. The van der Waals surface area contributed by atoms with E-state index >= 15 is 0 Å². The van der Waals surface area contributed by atoms with Crippen LogP contribution in [0, 0.1) is 12.3 Å². The van der Waals surface area contributed by atoms with Gasteiger partial charge in [-0.2, -0.15) is 28.2 Å². The molecule has 47 heavy (non-hydrogen) atoms. The first-order valence-corrected chi connectivity index (χ1v) is 15.4. The number of nitrogens with one attached hydrogen (secondary N) is 1. The number of halogens is 3. The van der Waals surface area contributed by atoms with Crippen molar-refractivity contribution in [2.45, 2.75) is 51.4 Å². The van der Waals surface area contributed by atoms with Crippen molar-refractivity contribution in [1.29, 1.82) is 0 Å². The number of aliphatic carboxylic acids is 1. The van der Waals surface area contributed by atoms with Gasteiger partial charge < -0.3 is 30.5 Å². The lowest BCUT2D eigenvalue weighted by Crippen LogP contribution is -2.41. The van der Waals surface area contributed by atoms with E-state index in [4.69, 9.17) is 15.2 Å². The first kappa shape index (κ1) is 32.1. The van der Waals surface area contributed by atoms with Crippen molar-refractivity contribution in [3.63, 3.8) is 0 Å². The van der Waals surface area contributed by atoms with Crippen LogP contribution in [0.15, 0.2) is 60.8 Å². The number of carboxylic acids is 1. The highest BCUT2D eigenvalue weighted by molar-refractivity contribution is 5.74. The monoisotopic (exact) mass is 651 g/mol. The summed E-state index contributed by atoms with van der Waals surface area (Å²) in [6, 6.07) is 14.5. The van der Waals surface area contributed by atoms with Gasteiger partial charge in [-0.1, -0.05) is 24.3 Å². The molecule has 1 spiro atoms. The molecule has 4 heterocycles. The third kappa shape index (κ3) is 6.97. The van der Waals surface area contributed by atoms with Crippen molar-refractivity contribution in [1.82, 2.24) is 25.1 Å². The van der Waals surface area contributed by atoms with Crippen LogP contribution in [-0.2, 0) is 4.79 Å². The number of nitrogens with two attached hydrogens (primary N) is 1. The smallest absolute Gasteiger partial charge is 0.429 e. The Kier molecular flexibility index (Phi) is 8.70. The van der Waals surface area contributed by atoms with Crippen LogP contribution in [0.1, 0.15) is 43.5 Å². The number of nitrogen functional groups attached to an aromatic ring is 1. The molecule has 2 aromatic carbocycles. The maximum absolute atomic E-state index is 14.8. The second kappa shape index (κ2) is 12.7. The lowest BCUT2D eigenvalue weighted by molar-refractivity contribution is -0.198. The average molecular weight is 652 g/mol. The van der Waals surface area contributed by atoms with Gasteiger partial charge in [-0.3, -0.25) is 4.79 Å². The van der Waals surface area contributed by atoms with Gasteiger partial charge in [-0.25, -0.2) is 4.68 Å². The van der Waals surface area contributed by atoms with Crippen LogP contribution in [0.2, 0.25) is 0 Å². The fraction of sp³-hybridized carbons (Fsp3) is 0.394. The van der Waals surface area contributed by atoms with Crippen molar-refractivity contribution in [2.24, 2.45) is 5.41 Å². The summed E-state index contributed by atoms with van der Waals surface area (Å²) in [5, 5.41) is 16.9. The molecule has 14 heteroatoms. The Balaban J connectivity index is 1.29. The summed E-state index contributed by atoms with van der Waals surface area (Å²) in [7, 11) is 0.